The Morgan fingerprint density at radius 3 is 2.70 bits per heavy atom. The number of halogens is 5. The van der Waals surface area contributed by atoms with E-state index in [1.165, 1.54) is 4.90 Å². The Morgan fingerprint density at radius 2 is 2.00 bits per heavy atom. The molecule has 1 fully saturated rings. The molecular weight excluding hydrogens is 279 g/mol. The van der Waals surface area contributed by atoms with Crippen molar-refractivity contribution >= 4 is 0 Å². The molecule has 0 amide bonds. The summed E-state index contributed by atoms with van der Waals surface area (Å²) in [5.41, 5.74) is 0.0767. The minimum atomic E-state index is -4.30. The average molecular weight is 294 g/mol. The lowest BCUT2D eigenvalue weighted by molar-refractivity contribution is -0.176. The van der Waals surface area contributed by atoms with Crippen LogP contribution in [0.4, 0.5) is 22.0 Å². The molecule has 0 aliphatic carbocycles. The number of hydrogen-bond acceptors (Lipinski definition) is 2. The summed E-state index contributed by atoms with van der Waals surface area (Å²) in [5.74, 6) is -2.70. The number of alkyl halides is 3. The fourth-order valence-electron chi connectivity index (χ4n) is 2.25. The minimum Gasteiger partial charge on any atom is -0.315 e. The molecule has 1 aromatic rings. The highest BCUT2D eigenvalue weighted by molar-refractivity contribution is 5.18. The third-order valence-corrected chi connectivity index (χ3v) is 3.34. The van der Waals surface area contributed by atoms with Gasteiger partial charge in [0.1, 0.15) is 11.6 Å². The number of hydrogen-bond donors (Lipinski definition) is 1. The minimum absolute atomic E-state index is 0.0299. The van der Waals surface area contributed by atoms with E-state index in [0.717, 1.165) is 18.2 Å². The summed E-state index contributed by atoms with van der Waals surface area (Å²) in [6.45, 7) is 0.363. The summed E-state index contributed by atoms with van der Waals surface area (Å²) in [6.07, 6.45) is -4.30. The van der Waals surface area contributed by atoms with Crippen molar-refractivity contribution < 1.29 is 22.0 Å². The standard InChI is InChI=1S/C13H15F5N2/c14-11-1-2-12(15)9(5-11)7-20-4-3-19-6-10(8-20)13(16,17)18/h1-2,5,10,19H,3-4,6-8H2. The maximum atomic E-state index is 13.5. The largest absolute Gasteiger partial charge is 0.394 e. The van der Waals surface area contributed by atoms with Crippen LogP contribution in [0.25, 0.3) is 0 Å². The summed E-state index contributed by atoms with van der Waals surface area (Å²) >= 11 is 0. The second-order valence-corrected chi connectivity index (χ2v) is 4.91. The maximum Gasteiger partial charge on any atom is 0.394 e. The zero-order valence-electron chi connectivity index (χ0n) is 10.7. The molecule has 0 aromatic heterocycles. The molecular formula is C13H15F5N2. The zero-order chi connectivity index (χ0) is 14.8. The van der Waals surface area contributed by atoms with Gasteiger partial charge in [0, 0.05) is 38.3 Å². The van der Waals surface area contributed by atoms with Gasteiger partial charge in [-0.15, -0.1) is 0 Å². The van der Waals surface area contributed by atoms with Crippen LogP contribution in [0.15, 0.2) is 18.2 Å². The van der Waals surface area contributed by atoms with E-state index in [2.05, 4.69) is 5.32 Å². The molecule has 112 valence electrons. The van der Waals surface area contributed by atoms with E-state index in [9.17, 15) is 22.0 Å². The lowest BCUT2D eigenvalue weighted by atomic mass is 10.1. The monoisotopic (exact) mass is 294 g/mol. The van der Waals surface area contributed by atoms with Crippen molar-refractivity contribution in [2.75, 3.05) is 26.2 Å². The van der Waals surface area contributed by atoms with E-state index in [0.29, 0.717) is 13.1 Å². The van der Waals surface area contributed by atoms with E-state index in [-0.39, 0.29) is 25.2 Å². The normalized spacial score (nSPS) is 21.8. The SMILES string of the molecule is Fc1ccc(F)c(CN2CCNCC(C(F)(F)F)C2)c1. The van der Waals surface area contributed by atoms with Crippen molar-refractivity contribution in [3.8, 4) is 0 Å². The van der Waals surface area contributed by atoms with Crippen LogP contribution in [-0.2, 0) is 6.54 Å². The summed E-state index contributed by atoms with van der Waals surface area (Å²) in [5, 5.41) is 2.72. The number of nitrogens with one attached hydrogen (secondary N) is 1. The van der Waals surface area contributed by atoms with Gasteiger partial charge in [-0.05, 0) is 18.2 Å². The summed E-state index contributed by atoms with van der Waals surface area (Å²) in [6, 6.07) is 3.00. The maximum absolute atomic E-state index is 13.5. The van der Waals surface area contributed by atoms with Gasteiger partial charge in [-0.25, -0.2) is 8.78 Å². The third kappa shape index (κ3) is 3.89. The Hall–Kier alpha value is -1.21. The summed E-state index contributed by atoms with van der Waals surface area (Å²) in [4.78, 5) is 1.50. The van der Waals surface area contributed by atoms with Crippen LogP contribution in [-0.4, -0.2) is 37.3 Å². The Kier molecular flexibility index (Phi) is 4.59. The van der Waals surface area contributed by atoms with Crippen molar-refractivity contribution in [1.82, 2.24) is 10.2 Å². The van der Waals surface area contributed by atoms with Gasteiger partial charge < -0.3 is 5.32 Å². The van der Waals surface area contributed by atoms with Crippen LogP contribution in [0.2, 0.25) is 0 Å². The first kappa shape index (κ1) is 15.2. The van der Waals surface area contributed by atoms with Gasteiger partial charge in [-0.2, -0.15) is 13.2 Å². The third-order valence-electron chi connectivity index (χ3n) is 3.34. The highest BCUT2D eigenvalue weighted by Gasteiger charge is 2.41. The smallest absolute Gasteiger partial charge is 0.315 e. The molecule has 1 N–H and O–H groups in total. The second kappa shape index (κ2) is 6.05. The van der Waals surface area contributed by atoms with Gasteiger partial charge in [0.2, 0.25) is 0 Å². The lowest BCUT2D eigenvalue weighted by Crippen LogP contribution is -2.38. The van der Waals surface area contributed by atoms with Gasteiger partial charge in [0.25, 0.3) is 0 Å². The molecule has 0 saturated carbocycles. The molecule has 1 saturated heterocycles. The number of nitrogens with zero attached hydrogens (tertiary/aromatic N) is 1. The van der Waals surface area contributed by atoms with Crippen LogP contribution in [0.5, 0.6) is 0 Å². The van der Waals surface area contributed by atoms with Gasteiger partial charge in [0.05, 0.1) is 5.92 Å². The van der Waals surface area contributed by atoms with Crippen LogP contribution in [0.1, 0.15) is 5.56 Å². The summed E-state index contributed by atoms with van der Waals surface area (Å²) in [7, 11) is 0. The first-order valence-corrected chi connectivity index (χ1v) is 6.30. The van der Waals surface area contributed by atoms with Crippen molar-refractivity contribution in [1.29, 1.82) is 0 Å². The van der Waals surface area contributed by atoms with E-state index >= 15 is 0 Å². The fourth-order valence-corrected chi connectivity index (χ4v) is 2.25. The molecule has 1 aliphatic rings. The molecule has 7 heteroatoms. The molecule has 0 radical (unpaired) electrons. The average Bonchev–Trinajstić information content (AvgIpc) is 2.59. The zero-order valence-corrected chi connectivity index (χ0v) is 10.7. The Morgan fingerprint density at radius 1 is 1.25 bits per heavy atom. The molecule has 1 heterocycles. The van der Waals surface area contributed by atoms with E-state index < -0.39 is 23.7 Å². The number of benzene rings is 1. The Bertz CT molecular complexity index is 461. The highest BCUT2D eigenvalue weighted by Crippen LogP contribution is 2.28. The molecule has 1 aromatic carbocycles. The van der Waals surface area contributed by atoms with Crippen LogP contribution in [0, 0.1) is 17.6 Å². The second-order valence-electron chi connectivity index (χ2n) is 4.91. The van der Waals surface area contributed by atoms with Crippen LogP contribution < -0.4 is 5.32 Å². The molecule has 0 bridgehead atoms. The molecule has 2 rings (SSSR count). The molecule has 1 aliphatic heterocycles. The molecule has 1 unspecified atom stereocenters. The van der Waals surface area contributed by atoms with Crippen LogP contribution >= 0.6 is 0 Å². The van der Waals surface area contributed by atoms with Crippen molar-refractivity contribution in [3.63, 3.8) is 0 Å². The van der Waals surface area contributed by atoms with Crippen molar-refractivity contribution in [2.45, 2.75) is 12.7 Å². The molecule has 0 spiro atoms. The fraction of sp³-hybridized carbons (Fsp3) is 0.538. The summed E-state index contributed by atoms with van der Waals surface area (Å²) < 4.78 is 64.9. The highest BCUT2D eigenvalue weighted by atomic mass is 19.4. The first-order valence-electron chi connectivity index (χ1n) is 6.30. The van der Waals surface area contributed by atoms with Gasteiger partial charge in [-0.1, -0.05) is 0 Å². The van der Waals surface area contributed by atoms with Gasteiger partial charge in [0.15, 0.2) is 0 Å². The Labute approximate surface area is 113 Å². The predicted molar refractivity (Wildman–Crippen MR) is 64.0 cm³/mol. The van der Waals surface area contributed by atoms with E-state index in [1.807, 2.05) is 0 Å². The molecule has 1 atom stereocenters. The first-order chi connectivity index (χ1) is 9.36. The van der Waals surface area contributed by atoms with E-state index in [4.69, 9.17) is 0 Å². The topological polar surface area (TPSA) is 15.3 Å². The van der Waals surface area contributed by atoms with Crippen molar-refractivity contribution in [3.05, 3.63) is 35.4 Å². The molecule has 2 nitrogen and oxygen atoms in total. The predicted octanol–water partition coefficient (Wildman–Crippen LogP) is 2.55. The quantitative estimate of drug-likeness (QED) is 0.843. The van der Waals surface area contributed by atoms with Crippen molar-refractivity contribution in [2.24, 2.45) is 5.92 Å². The van der Waals surface area contributed by atoms with Crippen LogP contribution in [0.3, 0.4) is 0 Å². The molecule has 20 heavy (non-hydrogen) atoms. The van der Waals surface area contributed by atoms with Gasteiger partial charge >= 0.3 is 6.18 Å². The van der Waals surface area contributed by atoms with Gasteiger partial charge in [-0.3, -0.25) is 4.90 Å². The Balaban J connectivity index is 2.09. The number of rotatable bonds is 2. The van der Waals surface area contributed by atoms with E-state index in [1.54, 1.807) is 0 Å². The lowest BCUT2D eigenvalue weighted by Gasteiger charge is -2.25.